The second-order valence-corrected chi connectivity index (χ2v) is 7.07. The van der Waals surface area contributed by atoms with E-state index in [1.165, 1.54) is 12.8 Å². The van der Waals surface area contributed by atoms with Crippen LogP contribution in [-0.2, 0) is 10.0 Å². The van der Waals surface area contributed by atoms with E-state index in [2.05, 4.69) is 10.0 Å². The third-order valence-electron chi connectivity index (χ3n) is 3.30. The molecule has 0 bridgehead atoms. The molecule has 106 valence electrons. The molecular weight excluding hydrogens is 260 g/mol. The average Bonchev–Trinajstić information content (AvgIpc) is 3.19. The van der Waals surface area contributed by atoms with E-state index < -0.39 is 10.0 Å². The highest BCUT2D eigenvalue weighted by atomic mass is 32.2. The Morgan fingerprint density at radius 2 is 1.89 bits per heavy atom. The van der Waals surface area contributed by atoms with Crippen molar-refractivity contribution in [3.8, 4) is 0 Å². The maximum Gasteiger partial charge on any atom is 0.212 e. The van der Waals surface area contributed by atoms with E-state index in [0.717, 1.165) is 5.56 Å². The van der Waals surface area contributed by atoms with Crippen LogP contribution in [-0.4, -0.2) is 33.3 Å². The number of sulfonamides is 1. The molecule has 1 aromatic carbocycles. The predicted octanol–water partition coefficient (Wildman–Crippen LogP) is 1.46. The van der Waals surface area contributed by atoms with E-state index in [1.807, 2.05) is 37.3 Å². The topological polar surface area (TPSA) is 58.2 Å². The van der Waals surface area contributed by atoms with E-state index in [-0.39, 0.29) is 11.7 Å². The standard InChI is InChI=1S/C14H22N2O2S/c1-12(13-5-3-2-4-6-13)11-19(17,18)16-10-9-15-14-7-8-14/h2-6,12,14-16H,7-11H2,1H3. The van der Waals surface area contributed by atoms with Crippen LogP contribution in [0.3, 0.4) is 0 Å². The first-order valence-corrected chi connectivity index (χ1v) is 8.48. The summed E-state index contributed by atoms with van der Waals surface area (Å²) in [5, 5.41) is 3.29. The van der Waals surface area contributed by atoms with Crippen LogP contribution in [0.15, 0.2) is 30.3 Å². The van der Waals surface area contributed by atoms with Gasteiger partial charge in [0.15, 0.2) is 0 Å². The predicted molar refractivity (Wildman–Crippen MR) is 77.7 cm³/mol. The maximum atomic E-state index is 11.9. The Bertz CT molecular complexity index is 483. The van der Waals surface area contributed by atoms with Crippen LogP contribution < -0.4 is 10.0 Å². The highest BCUT2D eigenvalue weighted by Crippen LogP contribution is 2.18. The maximum absolute atomic E-state index is 11.9. The number of hydrogen-bond acceptors (Lipinski definition) is 3. The quantitative estimate of drug-likeness (QED) is 0.710. The molecule has 4 nitrogen and oxygen atoms in total. The normalized spacial score (nSPS) is 17.3. The zero-order chi connectivity index (χ0) is 13.7. The molecule has 1 unspecified atom stereocenters. The molecule has 1 saturated carbocycles. The molecule has 1 atom stereocenters. The molecule has 0 aliphatic heterocycles. The summed E-state index contributed by atoms with van der Waals surface area (Å²) in [6, 6.07) is 10.4. The van der Waals surface area contributed by atoms with Gasteiger partial charge in [-0.2, -0.15) is 0 Å². The van der Waals surface area contributed by atoms with Gasteiger partial charge in [0.2, 0.25) is 10.0 Å². The first-order chi connectivity index (χ1) is 9.07. The van der Waals surface area contributed by atoms with Crippen molar-refractivity contribution >= 4 is 10.0 Å². The summed E-state index contributed by atoms with van der Waals surface area (Å²) < 4.78 is 26.5. The minimum atomic E-state index is -3.20. The summed E-state index contributed by atoms with van der Waals surface area (Å²) in [4.78, 5) is 0. The number of nitrogens with one attached hydrogen (secondary N) is 2. The lowest BCUT2D eigenvalue weighted by atomic mass is 10.0. The van der Waals surface area contributed by atoms with Crippen molar-refractivity contribution in [2.75, 3.05) is 18.8 Å². The minimum Gasteiger partial charge on any atom is -0.313 e. The molecule has 1 aliphatic rings. The Balaban J connectivity index is 1.75. The van der Waals surface area contributed by atoms with Gasteiger partial charge in [0.05, 0.1) is 5.75 Å². The van der Waals surface area contributed by atoms with Gasteiger partial charge in [-0.15, -0.1) is 0 Å². The molecule has 0 spiro atoms. The van der Waals surface area contributed by atoms with Crippen LogP contribution >= 0.6 is 0 Å². The fourth-order valence-corrected chi connectivity index (χ4v) is 3.42. The third kappa shape index (κ3) is 5.30. The Kier molecular flexibility index (Phi) is 4.96. The van der Waals surface area contributed by atoms with Gasteiger partial charge in [-0.1, -0.05) is 37.3 Å². The molecule has 0 radical (unpaired) electrons. The molecule has 0 heterocycles. The lowest BCUT2D eigenvalue weighted by molar-refractivity contribution is 0.570. The van der Waals surface area contributed by atoms with E-state index in [9.17, 15) is 8.42 Å². The highest BCUT2D eigenvalue weighted by molar-refractivity contribution is 7.89. The van der Waals surface area contributed by atoms with Gasteiger partial charge in [-0.3, -0.25) is 0 Å². The highest BCUT2D eigenvalue weighted by Gasteiger charge is 2.20. The summed E-state index contributed by atoms with van der Waals surface area (Å²) in [7, 11) is -3.20. The number of hydrogen-bond donors (Lipinski definition) is 2. The Labute approximate surface area is 115 Å². The molecule has 1 aliphatic carbocycles. The smallest absolute Gasteiger partial charge is 0.212 e. The molecule has 2 rings (SSSR count). The van der Waals surface area contributed by atoms with Crippen molar-refractivity contribution in [3.05, 3.63) is 35.9 Å². The molecule has 0 saturated heterocycles. The van der Waals surface area contributed by atoms with Crippen LogP contribution in [0.1, 0.15) is 31.2 Å². The van der Waals surface area contributed by atoms with Gasteiger partial charge in [0, 0.05) is 19.1 Å². The van der Waals surface area contributed by atoms with Gasteiger partial charge in [-0.05, 0) is 24.3 Å². The largest absolute Gasteiger partial charge is 0.313 e. The lowest BCUT2D eigenvalue weighted by Crippen LogP contribution is -2.35. The Morgan fingerprint density at radius 1 is 1.21 bits per heavy atom. The second kappa shape index (κ2) is 6.50. The molecule has 5 heteroatoms. The van der Waals surface area contributed by atoms with E-state index >= 15 is 0 Å². The minimum absolute atomic E-state index is 0.00934. The number of benzene rings is 1. The molecule has 0 aromatic heterocycles. The first kappa shape index (κ1) is 14.5. The second-order valence-electron chi connectivity index (χ2n) is 5.22. The summed E-state index contributed by atoms with van der Waals surface area (Å²) in [6.07, 6.45) is 2.44. The fourth-order valence-electron chi connectivity index (χ4n) is 2.04. The third-order valence-corrected chi connectivity index (χ3v) is 4.88. The lowest BCUT2D eigenvalue weighted by Gasteiger charge is -2.13. The van der Waals surface area contributed by atoms with E-state index in [1.54, 1.807) is 0 Å². The zero-order valence-electron chi connectivity index (χ0n) is 11.3. The van der Waals surface area contributed by atoms with Crippen LogP contribution in [0.2, 0.25) is 0 Å². The number of rotatable bonds is 8. The Hall–Kier alpha value is -0.910. The van der Waals surface area contributed by atoms with Crippen molar-refractivity contribution in [1.82, 2.24) is 10.0 Å². The van der Waals surface area contributed by atoms with Crippen molar-refractivity contribution in [2.45, 2.75) is 31.7 Å². The molecule has 1 aromatic rings. The van der Waals surface area contributed by atoms with Crippen LogP contribution in [0, 0.1) is 0 Å². The summed E-state index contributed by atoms with van der Waals surface area (Å²) in [5.74, 6) is 0.149. The zero-order valence-corrected chi connectivity index (χ0v) is 12.1. The summed E-state index contributed by atoms with van der Waals surface area (Å²) in [5.41, 5.74) is 1.06. The van der Waals surface area contributed by atoms with E-state index in [0.29, 0.717) is 19.1 Å². The van der Waals surface area contributed by atoms with Crippen LogP contribution in [0.25, 0.3) is 0 Å². The molecule has 0 amide bonds. The molecule has 19 heavy (non-hydrogen) atoms. The van der Waals surface area contributed by atoms with Crippen molar-refractivity contribution < 1.29 is 8.42 Å². The van der Waals surface area contributed by atoms with Gasteiger partial charge in [0.25, 0.3) is 0 Å². The van der Waals surface area contributed by atoms with Crippen LogP contribution in [0.4, 0.5) is 0 Å². The molecule has 1 fully saturated rings. The SMILES string of the molecule is CC(CS(=O)(=O)NCCNC1CC1)c1ccccc1. The summed E-state index contributed by atoms with van der Waals surface area (Å²) >= 11 is 0. The van der Waals surface area contributed by atoms with Crippen molar-refractivity contribution in [3.63, 3.8) is 0 Å². The van der Waals surface area contributed by atoms with Gasteiger partial charge < -0.3 is 5.32 Å². The van der Waals surface area contributed by atoms with Crippen molar-refractivity contribution in [2.24, 2.45) is 0 Å². The van der Waals surface area contributed by atoms with Crippen LogP contribution in [0.5, 0.6) is 0 Å². The fraction of sp³-hybridized carbons (Fsp3) is 0.571. The Morgan fingerprint density at radius 3 is 2.53 bits per heavy atom. The molecular formula is C14H22N2O2S. The van der Waals surface area contributed by atoms with Gasteiger partial charge in [-0.25, -0.2) is 13.1 Å². The first-order valence-electron chi connectivity index (χ1n) is 6.82. The van der Waals surface area contributed by atoms with Gasteiger partial charge >= 0.3 is 0 Å². The molecule has 2 N–H and O–H groups in total. The average molecular weight is 282 g/mol. The summed E-state index contributed by atoms with van der Waals surface area (Å²) in [6.45, 7) is 3.13. The van der Waals surface area contributed by atoms with Gasteiger partial charge in [0.1, 0.15) is 0 Å². The monoisotopic (exact) mass is 282 g/mol. The van der Waals surface area contributed by atoms with Crippen molar-refractivity contribution in [1.29, 1.82) is 0 Å². The van der Waals surface area contributed by atoms with E-state index in [4.69, 9.17) is 0 Å².